The molecule has 0 aliphatic heterocycles. The molecule has 84 valence electrons. The van der Waals surface area contributed by atoms with Crippen molar-refractivity contribution in [1.82, 2.24) is 4.90 Å². The molecule has 0 heterocycles. The molecule has 0 aliphatic carbocycles. The number of rotatable bonds is 4. The third-order valence-corrected chi connectivity index (χ3v) is 2.80. The van der Waals surface area contributed by atoms with Gasteiger partial charge in [-0.05, 0) is 11.7 Å². The van der Waals surface area contributed by atoms with E-state index in [0.29, 0.717) is 0 Å². The monoisotopic (exact) mass is 218 g/mol. The van der Waals surface area contributed by atoms with Gasteiger partial charge in [-0.2, -0.15) is 11.8 Å². The van der Waals surface area contributed by atoms with E-state index in [-0.39, 0.29) is 11.3 Å². The summed E-state index contributed by atoms with van der Waals surface area (Å²) in [4.78, 5) is 13.5. The van der Waals surface area contributed by atoms with Crippen LogP contribution in [0.1, 0.15) is 20.8 Å². The molecule has 0 spiro atoms. The zero-order chi connectivity index (χ0) is 11.4. The molecule has 4 heteroatoms. The van der Waals surface area contributed by atoms with Crippen LogP contribution in [0.25, 0.3) is 0 Å². The number of nitrogens with two attached hydrogens (primary N) is 1. The maximum atomic E-state index is 11.8. The smallest absolute Gasteiger partial charge is 0.239 e. The van der Waals surface area contributed by atoms with Crippen molar-refractivity contribution in [2.45, 2.75) is 26.8 Å². The highest BCUT2D eigenvalue weighted by Crippen LogP contribution is 2.18. The van der Waals surface area contributed by atoms with Crippen LogP contribution in [0.2, 0.25) is 0 Å². The van der Waals surface area contributed by atoms with Gasteiger partial charge in [0.2, 0.25) is 5.91 Å². The van der Waals surface area contributed by atoms with Gasteiger partial charge in [-0.1, -0.05) is 20.8 Å². The minimum Gasteiger partial charge on any atom is -0.344 e. The molecule has 0 rings (SSSR count). The van der Waals surface area contributed by atoms with Crippen molar-refractivity contribution in [3.63, 3.8) is 0 Å². The van der Waals surface area contributed by atoms with Gasteiger partial charge in [0.25, 0.3) is 0 Å². The van der Waals surface area contributed by atoms with Gasteiger partial charge in [-0.25, -0.2) is 0 Å². The fraction of sp³-hybridized carbons (Fsp3) is 0.900. The van der Waals surface area contributed by atoms with Crippen LogP contribution < -0.4 is 5.73 Å². The SMILES string of the molecule is CSCCN(C)C(=O)C(N)C(C)(C)C. The number of carbonyl (C=O) groups is 1. The molecule has 0 aromatic heterocycles. The van der Waals surface area contributed by atoms with Gasteiger partial charge in [0.15, 0.2) is 0 Å². The van der Waals surface area contributed by atoms with Gasteiger partial charge in [-0.3, -0.25) is 4.79 Å². The zero-order valence-electron chi connectivity index (χ0n) is 9.83. The Morgan fingerprint density at radius 1 is 1.50 bits per heavy atom. The van der Waals surface area contributed by atoms with Crippen molar-refractivity contribution in [2.75, 3.05) is 25.6 Å². The van der Waals surface area contributed by atoms with E-state index < -0.39 is 6.04 Å². The summed E-state index contributed by atoms with van der Waals surface area (Å²) < 4.78 is 0. The predicted molar refractivity (Wildman–Crippen MR) is 63.4 cm³/mol. The maximum Gasteiger partial charge on any atom is 0.239 e. The second-order valence-corrected chi connectivity index (χ2v) is 5.58. The topological polar surface area (TPSA) is 46.3 Å². The Balaban J connectivity index is 4.18. The Hall–Kier alpha value is -0.220. The van der Waals surface area contributed by atoms with Gasteiger partial charge in [0, 0.05) is 19.3 Å². The Morgan fingerprint density at radius 2 is 2.00 bits per heavy atom. The van der Waals surface area contributed by atoms with Crippen molar-refractivity contribution in [3.05, 3.63) is 0 Å². The van der Waals surface area contributed by atoms with Crippen LogP contribution in [0.15, 0.2) is 0 Å². The molecule has 2 N–H and O–H groups in total. The molecule has 0 saturated heterocycles. The van der Waals surface area contributed by atoms with Gasteiger partial charge < -0.3 is 10.6 Å². The number of carbonyl (C=O) groups excluding carboxylic acids is 1. The first-order chi connectivity index (χ1) is 6.30. The van der Waals surface area contributed by atoms with E-state index in [1.165, 1.54) is 0 Å². The van der Waals surface area contributed by atoms with Crippen LogP contribution in [0.5, 0.6) is 0 Å². The molecule has 0 saturated carbocycles. The van der Waals surface area contributed by atoms with Gasteiger partial charge in [0.1, 0.15) is 0 Å². The lowest BCUT2D eigenvalue weighted by Crippen LogP contribution is -2.49. The minimum atomic E-state index is -0.408. The molecule has 1 atom stereocenters. The molecular weight excluding hydrogens is 196 g/mol. The lowest BCUT2D eigenvalue weighted by Gasteiger charge is -2.29. The average molecular weight is 218 g/mol. The van der Waals surface area contributed by atoms with E-state index >= 15 is 0 Å². The van der Waals surface area contributed by atoms with Crippen molar-refractivity contribution < 1.29 is 4.79 Å². The quantitative estimate of drug-likeness (QED) is 0.771. The Morgan fingerprint density at radius 3 is 2.36 bits per heavy atom. The van der Waals surface area contributed by atoms with Crippen molar-refractivity contribution in [1.29, 1.82) is 0 Å². The average Bonchev–Trinajstić information content (AvgIpc) is 2.10. The van der Waals surface area contributed by atoms with Gasteiger partial charge in [0.05, 0.1) is 6.04 Å². The Labute approximate surface area is 91.4 Å². The van der Waals surface area contributed by atoms with E-state index in [9.17, 15) is 4.79 Å². The third-order valence-electron chi connectivity index (χ3n) is 2.21. The normalized spacial score (nSPS) is 13.9. The highest BCUT2D eigenvalue weighted by Gasteiger charge is 2.29. The summed E-state index contributed by atoms with van der Waals surface area (Å²) in [7, 11) is 1.81. The zero-order valence-corrected chi connectivity index (χ0v) is 10.6. The second kappa shape index (κ2) is 5.61. The van der Waals surface area contributed by atoms with Crippen LogP contribution in [-0.4, -0.2) is 42.4 Å². The van der Waals surface area contributed by atoms with E-state index in [1.807, 2.05) is 34.1 Å². The standard InChI is InChI=1S/C10H22N2OS/c1-10(2,3)8(11)9(13)12(4)6-7-14-5/h8H,6-7,11H2,1-5H3. The number of likely N-dealkylation sites (N-methyl/N-ethyl adjacent to an activating group) is 1. The first kappa shape index (κ1) is 13.8. The Kier molecular flexibility index (Phi) is 5.52. The van der Waals surface area contributed by atoms with Crippen LogP contribution in [0.4, 0.5) is 0 Å². The summed E-state index contributed by atoms with van der Waals surface area (Å²) in [5.74, 6) is 0.991. The summed E-state index contributed by atoms with van der Waals surface area (Å²) in [5, 5.41) is 0. The molecule has 0 aromatic carbocycles. The highest BCUT2D eigenvalue weighted by molar-refractivity contribution is 7.98. The minimum absolute atomic E-state index is 0.0338. The molecule has 0 aliphatic rings. The summed E-state index contributed by atoms with van der Waals surface area (Å²) in [6.07, 6.45) is 2.03. The summed E-state index contributed by atoms with van der Waals surface area (Å²) in [6.45, 7) is 6.72. The van der Waals surface area contributed by atoms with Crippen molar-refractivity contribution in [2.24, 2.45) is 11.1 Å². The van der Waals surface area contributed by atoms with Crippen molar-refractivity contribution >= 4 is 17.7 Å². The molecule has 0 fully saturated rings. The first-order valence-electron chi connectivity index (χ1n) is 4.80. The van der Waals surface area contributed by atoms with E-state index in [4.69, 9.17) is 5.73 Å². The third kappa shape index (κ3) is 4.33. The van der Waals surface area contributed by atoms with E-state index in [1.54, 1.807) is 16.7 Å². The fourth-order valence-corrected chi connectivity index (χ4v) is 1.40. The van der Waals surface area contributed by atoms with Crippen molar-refractivity contribution in [3.8, 4) is 0 Å². The molecule has 0 radical (unpaired) electrons. The van der Waals surface area contributed by atoms with Crippen LogP contribution >= 0.6 is 11.8 Å². The molecule has 14 heavy (non-hydrogen) atoms. The van der Waals surface area contributed by atoms with Gasteiger partial charge in [-0.15, -0.1) is 0 Å². The van der Waals surface area contributed by atoms with Crippen LogP contribution in [0.3, 0.4) is 0 Å². The number of nitrogens with zero attached hydrogens (tertiary/aromatic N) is 1. The summed E-state index contributed by atoms with van der Waals surface area (Å²) in [5.41, 5.74) is 5.71. The molecule has 0 aromatic rings. The molecular formula is C10H22N2OS. The summed E-state index contributed by atoms with van der Waals surface area (Å²) in [6, 6.07) is -0.408. The molecule has 0 bridgehead atoms. The van der Waals surface area contributed by atoms with E-state index in [2.05, 4.69) is 0 Å². The van der Waals surface area contributed by atoms with E-state index in [0.717, 1.165) is 12.3 Å². The fourth-order valence-electron chi connectivity index (χ4n) is 0.946. The van der Waals surface area contributed by atoms with Gasteiger partial charge >= 0.3 is 0 Å². The number of thioether (sulfide) groups is 1. The maximum absolute atomic E-state index is 11.8. The number of hydrogen-bond donors (Lipinski definition) is 1. The molecule has 1 unspecified atom stereocenters. The predicted octanol–water partition coefficient (Wildman–Crippen LogP) is 1.18. The lowest BCUT2D eigenvalue weighted by molar-refractivity contribution is -0.133. The second-order valence-electron chi connectivity index (χ2n) is 4.60. The van der Waals surface area contributed by atoms with Crippen LogP contribution in [-0.2, 0) is 4.79 Å². The molecule has 1 amide bonds. The number of hydrogen-bond acceptors (Lipinski definition) is 3. The number of amides is 1. The largest absolute Gasteiger partial charge is 0.344 e. The summed E-state index contributed by atoms with van der Waals surface area (Å²) >= 11 is 1.73. The lowest BCUT2D eigenvalue weighted by atomic mass is 9.86. The molecule has 3 nitrogen and oxygen atoms in total. The Bertz CT molecular complexity index is 189. The van der Waals surface area contributed by atoms with Crippen LogP contribution in [0, 0.1) is 5.41 Å². The highest BCUT2D eigenvalue weighted by atomic mass is 32.2. The first-order valence-corrected chi connectivity index (χ1v) is 6.19.